The van der Waals surface area contributed by atoms with Crippen LogP contribution < -0.4 is 15.4 Å². The van der Waals surface area contributed by atoms with Crippen LogP contribution in [0.25, 0.3) is 6.08 Å². The van der Waals surface area contributed by atoms with Crippen LogP contribution in [0.4, 0.5) is 14.9 Å². The standard InChI is InChI=1S/C22H20FN3O6/c1-2-31-20(28)13-32-15-9-7-14(8-10-15)11-18-21(29)26(22(30)25-18)12-19(27)24-17-6-4-3-5-16(17)23/h3-11H,2,12-13H2,1H3,(H,24,27)(H,25,30)/b18-11+. The zero-order valence-corrected chi connectivity index (χ0v) is 17.1. The number of benzene rings is 2. The fourth-order valence-electron chi connectivity index (χ4n) is 2.78. The average molecular weight is 441 g/mol. The van der Waals surface area contributed by atoms with Gasteiger partial charge in [0, 0.05) is 0 Å². The molecule has 1 heterocycles. The van der Waals surface area contributed by atoms with Crippen LogP contribution in [0, 0.1) is 5.82 Å². The number of halogens is 1. The molecule has 2 aromatic rings. The summed E-state index contributed by atoms with van der Waals surface area (Å²) in [6, 6.07) is 11.2. The number of hydrogen-bond acceptors (Lipinski definition) is 6. The maximum Gasteiger partial charge on any atom is 0.344 e. The normalized spacial score (nSPS) is 14.3. The van der Waals surface area contributed by atoms with E-state index in [4.69, 9.17) is 9.47 Å². The van der Waals surface area contributed by atoms with Crippen molar-refractivity contribution in [1.29, 1.82) is 0 Å². The molecule has 0 radical (unpaired) electrons. The molecule has 9 nitrogen and oxygen atoms in total. The first-order chi connectivity index (χ1) is 15.4. The van der Waals surface area contributed by atoms with Crippen molar-refractivity contribution < 1.29 is 33.0 Å². The molecular weight excluding hydrogens is 421 g/mol. The van der Waals surface area contributed by atoms with E-state index in [1.807, 2.05) is 0 Å². The van der Waals surface area contributed by atoms with Gasteiger partial charge in [0.2, 0.25) is 5.91 Å². The summed E-state index contributed by atoms with van der Waals surface area (Å²) in [5.74, 6) is -2.11. The summed E-state index contributed by atoms with van der Waals surface area (Å²) in [4.78, 5) is 48.8. The van der Waals surface area contributed by atoms with Crippen molar-refractivity contribution in [1.82, 2.24) is 10.2 Å². The summed E-state index contributed by atoms with van der Waals surface area (Å²) in [5.41, 5.74) is 0.509. The molecule has 4 amide bonds. The van der Waals surface area contributed by atoms with E-state index in [0.717, 1.165) is 4.90 Å². The molecule has 166 valence electrons. The van der Waals surface area contributed by atoms with Gasteiger partial charge in [-0.2, -0.15) is 0 Å². The first kappa shape index (κ1) is 22.5. The number of amides is 4. The van der Waals surface area contributed by atoms with Crippen LogP contribution in [0.1, 0.15) is 12.5 Å². The second-order valence-electron chi connectivity index (χ2n) is 6.57. The summed E-state index contributed by atoms with van der Waals surface area (Å²) in [5, 5.41) is 4.73. The average Bonchev–Trinajstić information content (AvgIpc) is 3.02. The molecule has 1 aliphatic rings. The van der Waals surface area contributed by atoms with E-state index < -0.39 is 36.2 Å². The smallest absolute Gasteiger partial charge is 0.344 e. The Labute approximate surface area is 182 Å². The third-order valence-electron chi connectivity index (χ3n) is 4.27. The van der Waals surface area contributed by atoms with E-state index in [2.05, 4.69) is 10.6 Å². The minimum Gasteiger partial charge on any atom is -0.482 e. The van der Waals surface area contributed by atoms with Crippen LogP contribution >= 0.6 is 0 Å². The quantitative estimate of drug-likeness (QED) is 0.369. The number of anilines is 1. The highest BCUT2D eigenvalue weighted by Gasteiger charge is 2.35. The SMILES string of the molecule is CCOC(=O)COc1ccc(/C=C2/NC(=O)N(CC(=O)Nc3ccccc3F)C2=O)cc1. The maximum atomic E-state index is 13.7. The molecule has 0 unspecified atom stereocenters. The molecule has 2 aromatic carbocycles. The van der Waals surface area contributed by atoms with Crippen molar-refractivity contribution in [3.8, 4) is 5.75 Å². The summed E-state index contributed by atoms with van der Waals surface area (Å²) < 4.78 is 23.7. The Balaban J connectivity index is 1.60. The Morgan fingerprint density at radius 2 is 1.84 bits per heavy atom. The van der Waals surface area contributed by atoms with Crippen molar-refractivity contribution in [3.63, 3.8) is 0 Å². The fraction of sp³-hybridized carbons (Fsp3) is 0.182. The zero-order chi connectivity index (χ0) is 23.1. The highest BCUT2D eigenvalue weighted by atomic mass is 19.1. The molecule has 0 atom stereocenters. The van der Waals surface area contributed by atoms with E-state index in [0.29, 0.717) is 11.3 Å². The van der Waals surface area contributed by atoms with Gasteiger partial charge < -0.3 is 20.1 Å². The van der Waals surface area contributed by atoms with Crippen molar-refractivity contribution in [2.45, 2.75) is 6.92 Å². The van der Waals surface area contributed by atoms with Gasteiger partial charge in [0.1, 0.15) is 23.8 Å². The van der Waals surface area contributed by atoms with Crippen LogP contribution in [0.15, 0.2) is 54.2 Å². The first-order valence-corrected chi connectivity index (χ1v) is 9.64. The lowest BCUT2D eigenvalue weighted by Gasteiger charge is -2.12. The molecule has 1 aliphatic heterocycles. The van der Waals surface area contributed by atoms with Gasteiger partial charge in [-0.1, -0.05) is 24.3 Å². The largest absolute Gasteiger partial charge is 0.482 e. The summed E-state index contributed by atoms with van der Waals surface area (Å²) in [6.07, 6.45) is 1.43. The second kappa shape index (κ2) is 10.2. The number of nitrogens with zero attached hydrogens (tertiary/aromatic N) is 1. The van der Waals surface area contributed by atoms with Crippen LogP contribution in [-0.4, -0.2) is 48.5 Å². The Bertz CT molecular complexity index is 1070. The number of nitrogens with one attached hydrogen (secondary N) is 2. The van der Waals surface area contributed by atoms with Crippen molar-refractivity contribution >= 4 is 35.6 Å². The number of ether oxygens (including phenoxy) is 2. The van der Waals surface area contributed by atoms with Crippen LogP contribution in [-0.2, 0) is 19.1 Å². The molecule has 1 fully saturated rings. The summed E-state index contributed by atoms with van der Waals surface area (Å²) in [6.45, 7) is 1.15. The summed E-state index contributed by atoms with van der Waals surface area (Å²) >= 11 is 0. The van der Waals surface area contributed by atoms with E-state index in [-0.39, 0.29) is 24.6 Å². The highest BCUT2D eigenvalue weighted by molar-refractivity contribution is 6.15. The van der Waals surface area contributed by atoms with Gasteiger partial charge in [-0.3, -0.25) is 9.59 Å². The van der Waals surface area contributed by atoms with Crippen LogP contribution in [0.3, 0.4) is 0 Å². The van der Waals surface area contributed by atoms with Crippen LogP contribution in [0.2, 0.25) is 0 Å². The molecular formula is C22H20FN3O6. The van der Waals surface area contributed by atoms with Gasteiger partial charge in [0.05, 0.1) is 12.3 Å². The second-order valence-corrected chi connectivity index (χ2v) is 6.57. The molecule has 3 rings (SSSR count). The Morgan fingerprint density at radius 3 is 2.53 bits per heavy atom. The minimum atomic E-state index is -0.765. The predicted molar refractivity (Wildman–Crippen MR) is 112 cm³/mol. The van der Waals surface area contributed by atoms with Gasteiger partial charge in [0.25, 0.3) is 5.91 Å². The number of urea groups is 1. The number of rotatable bonds is 8. The summed E-state index contributed by atoms with van der Waals surface area (Å²) in [7, 11) is 0. The molecule has 0 aromatic heterocycles. The van der Waals surface area contributed by atoms with Crippen molar-refractivity contribution in [3.05, 3.63) is 65.6 Å². The fourth-order valence-corrected chi connectivity index (χ4v) is 2.78. The maximum absolute atomic E-state index is 13.7. The van der Waals surface area contributed by atoms with Gasteiger partial charge in [-0.15, -0.1) is 0 Å². The molecule has 10 heteroatoms. The van der Waals surface area contributed by atoms with E-state index >= 15 is 0 Å². The van der Waals surface area contributed by atoms with Gasteiger partial charge >= 0.3 is 12.0 Å². The third-order valence-corrected chi connectivity index (χ3v) is 4.27. The lowest BCUT2D eigenvalue weighted by atomic mass is 10.2. The van der Waals surface area contributed by atoms with Gasteiger partial charge in [-0.05, 0) is 42.8 Å². The highest BCUT2D eigenvalue weighted by Crippen LogP contribution is 2.18. The molecule has 0 spiro atoms. The predicted octanol–water partition coefficient (Wildman–Crippen LogP) is 2.30. The lowest BCUT2D eigenvalue weighted by Crippen LogP contribution is -2.38. The molecule has 1 saturated heterocycles. The van der Waals surface area contributed by atoms with Gasteiger partial charge in [-0.25, -0.2) is 18.9 Å². The number of imide groups is 1. The van der Waals surface area contributed by atoms with Crippen molar-refractivity contribution in [2.75, 3.05) is 25.1 Å². The Kier molecular flexibility index (Phi) is 7.17. The molecule has 0 aliphatic carbocycles. The number of hydrogen-bond donors (Lipinski definition) is 2. The monoisotopic (exact) mass is 441 g/mol. The minimum absolute atomic E-state index is 0.0196. The molecule has 0 saturated carbocycles. The topological polar surface area (TPSA) is 114 Å². The van der Waals surface area contributed by atoms with E-state index in [1.165, 1.54) is 24.3 Å². The van der Waals surface area contributed by atoms with Crippen molar-refractivity contribution in [2.24, 2.45) is 0 Å². The number of esters is 1. The van der Waals surface area contributed by atoms with E-state index in [1.54, 1.807) is 37.3 Å². The molecule has 2 N–H and O–H groups in total. The van der Waals surface area contributed by atoms with E-state index in [9.17, 15) is 23.6 Å². The Morgan fingerprint density at radius 1 is 1.12 bits per heavy atom. The molecule has 32 heavy (non-hydrogen) atoms. The van der Waals surface area contributed by atoms with Crippen LogP contribution in [0.5, 0.6) is 5.75 Å². The first-order valence-electron chi connectivity index (χ1n) is 9.64. The Hall–Kier alpha value is -4.21. The number of carbonyl (C=O) groups excluding carboxylic acids is 4. The number of para-hydroxylation sites is 1. The van der Waals surface area contributed by atoms with Gasteiger partial charge in [0.15, 0.2) is 6.61 Å². The lowest BCUT2D eigenvalue weighted by molar-refractivity contribution is -0.145. The number of carbonyl (C=O) groups is 4. The zero-order valence-electron chi connectivity index (χ0n) is 17.1. The molecule has 0 bridgehead atoms. The third kappa shape index (κ3) is 5.69.